The molecule has 0 saturated carbocycles. The fourth-order valence-corrected chi connectivity index (χ4v) is 2.46. The lowest BCUT2D eigenvalue weighted by molar-refractivity contribution is 0.107. The van der Waals surface area contributed by atoms with Gasteiger partial charge in [0.25, 0.3) is 0 Å². The van der Waals surface area contributed by atoms with E-state index < -0.39 is 0 Å². The average Bonchev–Trinajstić information content (AvgIpc) is 2.80. The largest absolute Gasteiger partial charge is 0.378 e. The van der Waals surface area contributed by atoms with Crippen molar-refractivity contribution in [2.45, 2.75) is 51.6 Å². The van der Waals surface area contributed by atoms with Crippen LogP contribution >= 0.6 is 15.9 Å². The third-order valence-corrected chi connectivity index (χ3v) is 3.57. The van der Waals surface area contributed by atoms with Crippen molar-refractivity contribution >= 4 is 21.7 Å². The van der Waals surface area contributed by atoms with E-state index in [4.69, 9.17) is 4.74 Å². The average molecular weight is 328 g/mol. The number of halogens is 1. The molecule has 4 nitrogen and oxygen atoms in total. The molecule has 19 heavy (non-hydrogen) atoms. The fourth-order valence-electron chi connectivity index (χ4n) is 2.08. The SMILES string of the molecule is CC(C)(C)c1nc(Br)cc(NCCC2CCCO2)n1. The Balaban J connectivity index is 1.94. The molecule has 1 atom stereocenters. The number of anilines is 1. The number of rotatable bonds is 4. The highest BCUT2D eigenvalue weighted by Crippen LogP contribution is 2.22. The van der Waals surface area contributed by atoms with Gasteiger partial charge in [0.1, 0.15) is 16.2 Å². The maximum absolute atomic E-state index is 5.61. The maximum Gasteiger partial charge on any atom is 0.137 e. The second-order valence-corrected chi connectivity index (χ2v) is 6.81. The minimum Gasteiger partial charge on any atom is -0.378 e. The second kappa shape index (κ2) is 6.18. The summed E-state index contributed by atoms with van der Waals surface area (Å²) in [5.41, 5.74) is -0.0469. The van der Waals surface area contributed by atoms with E-state index in [1.807, 2.05) is 6.07 Å². The summed E-state index contributed by atoms with van der Waals surface area (Å²) in [7, 11) is 0. The van der Waals surface area contributed by atoms with Gasteiger partial charge in [-0.2, -0.15) is 0 Å². The molecule has 1 fully saturated rings. The van der Waals surface area contributed by atoms with Gasteiger partial charge < -0.3 is 10.1 Å². The molecule has 1 saturated heterocycles. The number of aromatic nitrogens is 2. The van der Waals surface area contributed by atoms with E-state index in [0.29, 0.717) is 6.10 Å². The summed E-state index contributed by atoms with van der Waals surface area (Å²) in [5.74, 6) is 1.73. The monoisotopic (exact) mass is 327 g/mol. The van der Waals surface area contributed by atoms with Crippen molar-refractivity contribution in [1.29, 1.82) is 0 Å². The van der Waals surface area contributed by atoms with E-state index in [2.05, 4.69) is 52.0 Å². The number of hydrogen-bond donors (Lipinski definition) is 1. The highest BCUT2D eigenvalue weighted by molar-refractivity contribution is 9.10. The van der Waals surface area contributed by atoms with Crippen LogP contribution in [0.4, 0.5) is 5.82 Å². The Bertz CT molecular complexity index is 425. The van der Waals surface area contributed by atoms with Crippen molar-refractivity contribution in [2.24, 2.45) is 0 Å². The van der Waals surface area contributed by atoms with Crippen LogP contribution in [-0.2, 0) is 10.2 Å². The first kappa shape index (κ1) is 14.7. The van der Waals surface area contributed by atoms with Gasteiger partial charge >= 0.3 is 0 Å². The first-order chi connectivity index (χ1) is 8.95. The molecule has 0 aliphatic carbocycles. The van der Waals surface area contributed by atoms with E-state index in [-0.39, 0.29) is 5.41 Å². The van der Waals surface area contributed by atoms with Gasteiger partial charge in [0.05, 0.1) is 6.10 Å². The maximum atomic E-state index is 5.61. The second-order valence-electron chi connectivity index (χ2n) is 6.00. The molecule has 1 aliphatic heterocycles. The van der Waals surface area contributed by atoms with Crippen molar-refractivity contribution < 1.29 is 4.74 Å². The van der Waals surface area contributed by atoms with Crippen molar-refractivity contribution in [3.05, 3.63) is 16.5 Å². The van der Waals surface area contributed by atoms with Crippen LogP contribution < -0.4 is 5.32 Å². The number of hydrogen-bond acceptors (Lipinski definition) is 4. The zero-order valence-corrected chi connectivity index (χ0v) is 13.5. The topological polar surface area (TPSA) is 47.0 Å². The molecular weight excluding hydrogens is 306 g/mol. The lowest BCUT2D eigenvalue weighted by atomic mass is 9.96. The molecular formula is C14H22BrN3O. The Morgan fingerprint density at radius 2 is 2.21 bits per heavy atom. The van der Waals surface area contributed by atoms with Gasteiger partial charge in [-0.3, -0.25) is 0 Å². The zero-order chi connectivity index (χ0) is 13.9. The number of nitrogens with zero attached hydrogens (tertiary/aromatic N) is 2. The van der Waals surface area contributed by atoms with Crippen molar-refractivity contribution in [3.63, 3.8) is 0 Å². The highest BCUT2D eigenvalue weighted by Gasteiger charge is 2.19. The molecule has 1 aliphatic rings. The predicted molar refractivity (Wildman–Crippen MR) is 80.5 cm³/mol. The van der Waals surface area contributed by atoms with Crippen molar-refractivity contribution in [2.75, 3.05) is 18.5 Å². The van der Waals surface area contributed by atoms with Crippen molar-refractivity contribution in [3.8, 4) is 0 Å². The normalized spacial score (nSPS) is 19.7. The molecule has 5 heteroatoms. The van der Waals surface area contributed by atoms with Gasteiger partial charge in [0.2, 0.25) is 0 Å². The minimum atomic E-state index is -0.0469. The molecule has 1 aromatic rings. The van der Waals surface area contributed by atoms with Crippen LogP contribution in [-0.4, -0.2) is 29.2 Å². The van der Waals surface area contributed by atoms with Gasteiger partial charge in [0, 0.05) is 24.6 Å². The van der Waals surface area contributed by atoms with Gasteiger partial charge in [-0.05, 0) is 35.2 Å². The Labute approximate surface area is 123 Å². The Kier molecular flexibility index (Phi) is 4.79. The third-order valence-electron chi connectivity index (χ3n) is 3.16. The third kappa shape index (κ3) is 4.42. The number of nitrogens with one attached hydrogen (secondary N) is 1. The van der Waals surface area contributed by atoms with E-state index in [9.17, 15) is 0 Å². The predicted octanol–water partition coefficient (Wildman–Crippen LogP) is 3.52. The molecule has 106 valence electrons. The minimum absolute atomic E-state index is 0.0469. The Hall–Kier alpha value is -0.680. The summed E-state index contributed by atoms with van der Waals surface area (Å²) in [4.78, 5) is 9.01. The smallest absolute Gasteiger partial charge is 0.137 e. The van der Waals surface area contributed by atoms with Crippen LogP contribution in [0.5, 0.6) is 0 Å². The summed E-state index contributed by atoms with van der Waals surface area (Å²) >= 11 is 3.45. The Morgan fingerprint density at radius 1 is 1.42 bits per heavy atom. The quantitative estimate of drug-likeness (QED) is 0.859. The fraction of sp³-hybridized carbons (Fsp3) is 0.714. The summed E-state index contributed by atoms with van der Waals surface area (Å²) < 4.78 is 6.44. The highest BCUT2D eigenvalue weighted by atomic mass is 79.9. The molecule has 2 rings (SSSR count). The first-order valence-corrected chi connectivity index (χ1v) is 7.65. The molecule has 1 unspecified atom stereocenters. The van der Waals surface area contributed by atoms with Crippen LogP contribution in [0.3, 0.4) is 0 Å². The van der Waals surface area contributed by atoms with Crippen LogP contribution in [0.15, 0.2) is 10.7 Å². The van der Waals surface area contributed by atoms with Crippen LogP contribution in [0, 0.1) is 0 Å². The summed E-state index contributed by atoms with van der Waals surface area (Å²) in [6.07, 6.45) is 3.83. The first-order valence-electron chi connectivity index (χ1n) is 6.86. The van der Waals surface area contributed by atoms with Crippen molar-refractivity contribution in [1.82, 2.24) is 9.97 Å². The van der Waals surface area contributed by atoms with E-state index in [0.717, 1.165) is 35.8 Å². The van der Waals surface area contributed by atoms with Crippen LogP contribution in [0.25, 0.3) is 0 Å². The molecule has 0 amide bonds. The van der Waals surface area contributed by atoms with E-state index in [1.54, 1.807) is 0 Å². The zero-order valence-electron chi connectivity index (χ0n) is 11.9. The lowest BCUT2D eigenvalue weighted by Gasteiger charge is -2.18. The van der Waals surface area contributed by atoms with E-state index in [1.165, 1.54) is 12.8 Å². The summed E-state index contributed by atoms with van der Waals surface area (Å²) in [6, 6.07) is 1.92. The van der Waals surface area contributed by atoms with Gasteiger partial charge in [0.15, 0.2) is 0 Å². The van der Waals surface area contributed by atoms with E-state index >= 15 is 0 Å². The summed E-state index contributed by atoms with van der Waals surface area (Å²) in [6.45, 7) is 8.15. The lowest BCUT2D eigenvalue weighted by Crippen LogP contribution is -2.18. The molecule has 0 spiro atoms. The molecule has 1 aromatic heterocycles. The van der Waals surface area contributed by atoms with Gasteiger partial charge in [-0.25, -0.2) is 9.97 Å². The van der Waals surface area contributed by atoms with Crippen LogP contribution in [0.1, 0.15) is 45.9 Å². The molecule has 0 radical (unpaired) electrons. The van der Waals surface area contributed by atoms with Gasteiger partial charge in [-0.15, -0.1) is 0 Å². The summed E-state index contributed by atoms with van der Waals surface area (Å²) in [5, 5.41) is 3.36. The molecule has 0 bridgehead atoms. The van der Waals surface area contributed by atoms with Gasteiger partial charge in [-0.1, -0.05) is 20.8 Å². The molecule has 0 aromatic carbocycles. The number of ether oxygens (including phenoxy) is 1. The standard InChI is InChI=1S/C14H22BrN3O/c1-14(2,3)13-17-11(15)9-12(18-13)16-7-6-10-5-4-8-19-10/h9-10H,4-8H2,1-3H3,(H,16,17,18). The van der Waals surface area contributed by atoms with Crippen LogP contribution in [0.2, 0.25) is 0 Å². The molecule has 1 N–H and O–H groups in total. The Morgan fingerprint density at radius 3 is 2.84 bits per heavy atom. The molecule has 2 heterocycles.